The number of esters is 1. The number of nitrogens with zero attached hydrogens (tertiary/aromatic N) is 1. The van der Waals surface area contributed by atoms with Gasteiger partial charge in [-0.2, -0.15) is 0 Å². The lowest BCUT2D eigenvalue weighted by molar-refractivity contribution is -0.117. The molecule has 0 saturated carbocycles. The minimum atomic E-state index is -0.462. The molecule has 1 N–H and O–H groups in total. The van der Waals surface area contributed by atoms with E-state index in [1.54, 1.807) is 48.5 Å². The minimum absolute atomic E-state index is 0.0480. The molecule has 0 spiro atoms. The maximum absolute atomic E-state index is 12.2. The van der Waals surface area contributed by atoms with Crippen LogP contribution >= 0.6 is 0 Å². The van der Waals surface area contributed by atoms with Crippen molar-refractivity contribution < 1.29 is 23.9 Å². The summed E-state index contributed by atoms with van der Waals surface area (Å²) >= 11 is 0. The summed E-state index contributed by atoms with van der Waals surface area (Å²) in [5.41, 5.74) is 2.10. The Bertz CT molecular complexity index is 873. The van der Waals surface area contributed by atoms with Crippen molar-refractivity contribution in [3.05, 3.63) is 59.7 Å². The summed E-state index contributed by atoms with van der Waals surface area (Å²) in [6.45, 7) is 3.07. The van der Waals surface area contributed by atoms with E-state index < -0.39 is 5.97 Å². The Kier molecular flexibility index (Phi) is 7.03. The number of rotatable bonds is 7. The van der Waals surface area contributed by atoms with Crippen molar-refractivity contribution in [3.8, 4) is 0 Å². The van der Waals surface area contributed by atoms with Crippen LogP contribution in [0.25, 0.3) is 0 Å². The molecule has 2 aromatic carbocycles. The zero-order chi connectivity index (χ0) is 20.7. The van der Waals surface area contributed by atoms with E-state index in [4.69, 9.17) is 0 Å². The van der Waals surface area contributed by atoms with E-state index in [-0.39, 0.29) is 30.6 Å². The molecule has 0 saturated heterocycles. The van der Waals surface area contributed by atoms with Crippen molar-refractivity contribution in [2.45, 2.75) is 20.3 Å². The summed E-state index contributed by atoms with van der Waals surface area (Å²) in [5, 5.41) is 2.74. The van der Waals surface area contributed by atoms with Crippen molar-refractivity contribution in [2.75, 3.05) is 23.9 Å². The number of benzene rings is 2. The Morgan fingerprint density at radius 1 is 0.893 bits per heavy atom. The molecule has 146 valence electrons. The number of ether oxygens (including phenoxy) is 1. The third-order valence-corrected chi connectivity index (χ3v) is 4.12. The van der Waals surface area contributed by atoms with Crippen LogP contribution < -0.4 is 10.2 Å². The third kappa shape index (κ3) is 5.51. The van der Waals surface area contributed by atoms with E-state index in [2.05, 4.69) is 10.1 Å². The van der Waals surface area contributed by atoms with Crippen LogP contribution in [0.15, 0.2) is 48.5 Å². The number of carbonyl (C=O) groups excluding carboxylic acids is 4. The van der Waals surface area contributed by atoms with Gasteiger partial charge in [-0.05, 0) is 55.5 Å². The maximum Gasteiger partial charge on any atom is 0.337 e. The molecule has 0 bridgehead atoms. The summed E-state index contributed by atoms with van der Waals surface area (Å²) in [6, 6.07) is 13.0. The van der Waals surface area contributed by atoms with Gasteiger partial charge in [0.2, 0.25) is 11.8 Å². The van der Waals surface area contributed by atoms with E-state index >= 15 is 0 Å². The van der Waals surface area contributed by atoms with Gasteiger partial charge in [0.15, 0.2) is 5.78 Å². The van der Waals surface area contributed by atoms with Gasteiger partial charge >= 0.3 is 5.97 Å². The lowest BCUT2D eigenvalue weighted by atomic mass is 10.1. The van der Waals surface area contributed by atoms with Crippen LogP contribution in [0.2, 0.25) is 0 Å². The van der Waals surface area contributed by atoms with Crippen LogP contribution in [0.4, 0.5) is 11.4 Å². The van der Waals surface area contributed by atoms with Gasteiger partial charge in [-0.25, -0.2) is 4.79 Å². The van der Waals surface area contributed by atoms with Crippen LogP contribution in [0.1, 0.15) is 41.0 Å². The monoisotopic (exact) mass is 382 g/mol. The van der Waals surface area contributed by atoms with Crippen LogP contribution in [-0.2, 0) is 14.3 Å². The summed E-state index contributed by atoms with van der Waals surface area (Å²) < 4.78 is 4.65. The average molecular weight is 382 g/mol. The third-order valence-electron chi connectivity index (χ3n) is 4.12. The SMILES string of the molecule is COC(=O)c1ccc(N(CCC(=O)Nc2ccc(C(C)=O)cc2)C(C)=O)cc1. The van der Waals surface area contributed by atoms with Gasteiger partial charge in [0, 0.05) is 36.8 Å². The molecule has 0 fully saturated rings. The quantitative estimate of drug-likeness (QED) is 0.587. The van der Waals surface area contributed by atoms with Crippen molar-refractivity contribution in [1.82, 2.24) is 0 Å². The Morgan fingerprint density at radius 3 is 1.96 bits per heavy atom. The first kappa shape index (κ1) is 20.8. The predicted octanol–water partition coefficient (Wildman–Crippen LogP) is 3.06. The van der Waals surface area contributed by atoms with Gasteiger partial charge < -0.3 is 15.0 Å². The van der Waals surface area contributed by atoms with Crippen molar-refractivity contribution in [2.24, 2.45) is 0 Å². The first-order valence-electron chi connectivity index (χ1n) is 8.69. The molecular formula is C21H22N2O5. The second-order valence-corrected chi connectivity index (χ2v) is 6.14. The molecule has 0 aliphatic carbocycles. The van der Waals surface area contributed by atoms with Gasteiger partial charge in [0.05, 0.1) is 12.7 Å². The second-order valence-electron chi connectivity index (χ2n) is 6.14. The van der Waals surface area contributed by atoms with E-state index in [0.717, 1.165) is 0 Å². The highest BCUT2D eigenvalue weighted by Crippen LogP contribution is 2.17. The number of ketones is 1. The highest BCUT2D eigenvalue weighted by Gasteiger charge is 2.15. The zero-order valence-electron chi connectivity index (χ0n) is 16.0. The summed E-state index contributed by atoms with van der Waals surface area (Å²) in [4.78, 5) is 48.4. The maximum atomic E-state index is 12.2. The molecule has 2 rings (SSSR count). The van der Waals surface area contributed by atoms with Crippen molar-refractivity contribution in [3.63, 3.8) is 0 Å². The van der Waals surface area contributed by atoms with Gasteiger partial charge in [-0.3, -0.25) is 14.4 Å². The Morgan fingerprint density at radius 2 is 1.46 bits per heavy atom. The number of anilines is 2. The molecule has 7 heteroatoms. The first-order valence-corrected chi connectivity index (χ1v) is 8.69. The Labute approximate surface area is 163 Å². The number of amides is 2. The minimum Gasteiger partial charge on any atom is -0.465 e. The molecule has 2 amide bonds. The van der Waals surface area contributed by atoms with E-state index in [9.17, 15) is 19.2 Å². The van der Waals surface area contributed by atoms with Crippen LogP contribution in [0.5, 0.6) is 0 Å². The highest BCUT2D eigenvalue weighted by atomic mass is 16.5. The molecule has 2 aromatic rings. The van der Waals surface area contributed by atoms with Gasteiger partial charge in [-0.1, -0.05) is 0 Å². The second kappa shape index (κ2) is 9.45. The van der Waals surface area contributed by atoms with Gasteiger partial charge in [-0.15, -0.1) is 0 Å². The predicted molar refractivity (Wildman–Crippen MR) is 106 cm³/mol. The standard InChI is InChI=1S/C21H22N2O5/c1-14(24)16-4-8-18(9-5-16)22-20(26)12-13-23(15(2)25)19-10-6-17(7-11-19)21(27)28-3/h4-11H,12-13H2,1-3H3,(H,22,26). The molecule has 0 aliphatic heterocycles. The van der Waals surface area contributed by atoms with E-state index in [1.165, 1.54) is 25.9 Å². The molecule has 7 nitrogen and oxygen atoms in total. The van der Waals surface area contributed by atoms with Crippen molar-refractivity contribution in [1.29, 1.82) is 0 Å². The number of hydrogen-bond acceptors (Lipinski definition) is 5. The number of Topliss-reactive ketones (excluding diaryl/α,β-unsaturated/α-hetero) is 1. The molecular weight excluding hydrogens is 360 g/mol. The normalized spacial score (nSPS) is 10.1. The number of methoxy groups -OCH3 is 1. The van der Waals surface area contributed by atoms with Crippen LogP contribution in [-0.4, -0.2) is 37.2 Å². The fourth-order valence-corrected chi connectivity index (χ4v) is 2.59. The van der Waals surface area contributed by atoms with E-state index in [0.29, 0.717) is 22.5 Å². The fourth-order valence-electron chi connectivity index (χ4n) is 2.59. The first-order chi connectivity index (χ1) is 13.3. The van der Waals surface area contributed by atoms with Gasteiger partial charge in [0.25, 0.3) is 0 Å². The zero-order valence-corrected chi connectivity index (χ0v) is 16.0. The number of nitrogens with one attached hydrogen (secondary N) is 1. The lowest BCUT2D eigenvalue weighted by Crippen LogP contribution is -2.32. The summed E-state index contributed by atoms with van der Waals surface area (Å²) in [6.07, 6.45) is 0.0901. The van der Waals surface area contributed by atoms with E-state index in [1.807, 2.05) is 0 Å². The largest absolute Gasteiger partial charge is 0.465 e. The number of carbonyl (C=O) groups is 4. The average Bonchev–Trinajstić information content (AvgIpc) is 2.68. The topological polar surface area (TPSA) is 92.8 Å². The molecule has 0 atom stereocenters. The molecule has 0 heterocycles. The molecule has 0 aromatic heterocycles. The smallest absolute Gasteiger partial charge is 0.337 e. The summed E-state index contributed by atoms with van der Waals surface area (Å²) in [7, 11) is 1.30. The Hall–Kier alpha value is -3.48. The molecule has 0 unspecified atom stereocenters. The van der Waals surface area contributed by atoms with Gasteiger partial charge in [0.1, 0.15) is 0 Å². The lowest BCUT2D eigenvalue weighted by Gasteiger charge is -2.21. The molecule has 28 heavy (non-hydrogen) atoms. The molecule has 0 aliphatic rings. The molecule has 0 radical (unpaired) electrons. The number of hydrogen-bond donors (Lipinski definition) is 1. The van der Waals surface area contributed by atoms with Crippen molar-refractivity contribution >= 4 is 34.9 Å². The highest BCUT2D eigenvalue weighted by molar-refractivity contribution is 5.97. The fraction of sp³-hybridized carbons (Fsp3) is 0.238. The Balaban J connectivity index is 1.98. The van der Waals surface area contributed by atoms with Crippen LogP contribution in [0, 0.1) is 0 Å². The van der Waals surface area contributed by atoms with Crippen LogP contribution in [0.3, 0.4) is 0 Å². The summed E-state index contributed by atoms with van der Waals surface area (Å²) in [5.74, 6) is -0.985.